The highest BCUT2D eigenvalue weighted by atomic mass is 19.1. The number of benzene rings is 2. The average Bonchev–Trinajstić information content (AvgIpc) is 2.40. The van der Waals surface area contributed by atoms with Crippen LogP contribution in [0.25, 0.3) is 0 Å². The van der Waals surface area contributed by atoms with Gasteiger partial charge in [-0.3, -0.25) is 4.79 Å². The van der Waals surface area contributed by atoms with Crippen molar-refractivity contribution in [3.63, 3.8) is 0 Å². The summed E-state index contributed by atoms with van der Waals surface area (Å²) in [7, 11) is 0. The van der Waals surface area contributed by atoms with Crippen LogP contribution in [0.3, 0.4) is 0 Å². The molecule has 0 bridgehead atoms. The molecule has 2 aromatic carbocycles. The first-order chi connectivity index (χ1) is 8.75. The highest BCUT2D eigenvalue weighted by molar-refractivity contribution is 5.78. The summed E-state index contributed by atoms with van der Waals surface area (Å²) in [4.78, 5) is 11.7. The Balaban J connectivity index is 1.88. The molecule has 0 unspecified atom stereocenters. The minimum absolute atomic E-state index is 0.0690. The first-order valence-electron chi connectivity index (χ1n) is 5.80. The minimum Gasteiger partial charge on any atom is -0.352 e. The third-order valence-electron chi connectivity index (χ3n) is 2.64. The van der Waals surface area contributed by atoms with E-state index in [1.54, 1.807) is 18.2 Å². The van der Waals surface area contributed by atoms with Crippen LogP contribution in [0.4, 0.5) is 4.39 Å². The quantitative estimate of drug-likeness (QED) is 0.878. The number of hydrogen-bond donors (Lipinski definition) is 1. The summed E-state index contributed by atoms with van der Waals surface area (Å²) < 4.78 is 13.3. The molecule has 0 saturated heterocycles. The normalized spacial score (nSPS) is 10.1. The summed E-state index contributed by atoms with van der Waals surface area (Å²) in [6.07, 6.45) is 0.0690. The molecular formula is C15H14FNO. The Morgan fingerprint density at radius 2 is 1.67 bits per heavy atom. The highest BCUT2D eigenvalue weighted by Crippen LogP contribution is 2.07. The molecule has 0 aliphatic rings. The molecule has 0 saturated carbocycles. The molecule has 0 aliphatic carbocycles. The van der Waals surface area contributed by atoms with Gasteiger partial charge in [0.2, 0.25) is 5.91 Å². The maximum atomic E-state index is 13.3. The molecule has 0 spiro atoms. The van der Waals surface area contributed by atoms with E-state index in [2.05, 4.69) is 5.32 Å². The van der Waals surface area contributed by atoms with E-state index in [-0.39, 0.29) is 18.1 Å². The number of amides is 1. The maximum absolute atomic E-state index is 13.3. The Bertz CT molecular complexity index is 525. The molecule has 0 radical (unpaired) electrons. The first kappa shape index (κ1) is 12.3. The number of rotatable bonds is 4. The standard InChI is InChI=1S/C15H14FNO/c16-14-9-5-4-8-13(14)10-15(18)17-11-12-6-2-1-3-7-12/h1-9H,10-11H2,(H,17,18). The van der Waals surface area contributed by atoms with Crippen LogP contribution in [0, 0.1) is 5.82 Å². The van der Waals surface area contributed by atoms with Gasteiger partial charge in [0.1, 0.15) is 5.82 Å². The second-order valence-electron chi connectivity index (χ2n) is 4.03. The number of halogens is 1. The molecule has 2 rings (SSSR count). The van der Waals surface area contributed by atoms with Crippen LogP contribution in [0.15, 0.2) is 54.6 Å². The van der Waals surface area contributed by atoms with Gasteiger partial charge >= 0.3 is 0 Å². The van der Waals surface area contributed by atoms with Crippen molar-refractivity contribution < 1.29 is 9.18 Å². The Kier molecular flexibility index (Phi) is 4.07. The van der Waals surface area contributed by atoms with E-state index in [4.69, 9.17) is 0 Å². The Morgan fingerprint density at radius 3 is 2.39 bits per heavy atom. The number of carbonyl (C=O) groups excluding carboxylic acids is 1. The van der Waals surface area contributed by atoms with Gasteiger partial charge in [-0.1, -0.05) is 48.5 Å². The summed E-state index contributed by atoms with van der Waals surface area (Å²) in [5.74, 6) is -0.517. The van der Waals surface area contributed by atoms with Crippen LogP contribution in [-0.4, -0.2) is 5.91 Å². The molecule has 18 heavy (non-hydrogen) atoms. The van der Waals surface area contributed by atoms with Crippen molar-refractivity contribution in [2.24, 2.45) is 0 Å². The maximum Gasteiger partial charge on any atom is 0.224 e. The smallest absolute Gasteiger partial charge is 0.224 e. The topological polar surface area (TPSA) is 29.1 Å². The fraction of sp³-hybridized carbons (Fsp3) is 0.133. The molecule has 2 nitrogen and oxygen atoms in total. The lowest BCUT2D eigenvalue weighted by Gasteiger charge is -2.06. The summed E-state index contributed by atoms with van der Waals surface area (Å²) in [6, 6.07) is 15.9. The van der Waals surface area contributed by atoms with E-state index >= 15 is 0 Å². The van der Waals surface area contributed by atoms with Crippen LogP contribution >= 0.6 is 0 Å². The van der Waals surface area contributed by atoms with Crippen molar-refractivity contribution in [1.82, 2.24) is 5.32 Å². The summed E-state index contributed by atoms with van der Waals surface area (Å²) in [5.41, 5.74) is 1.45. The van der Waals surface area contributed by atoms with Gasteiger partial charge in [0.25, 0.3) is 0 Å². The van der Waals surface area contributed by atoms with Crippen molar-refractivity contribution in [2.75, 3.05) is 0 Å². The molecule has 0 fully saturated rings. The van der Waals surface area contributed by atoms with Crippen LogP contribution in [0.2, 0.25) is 0 Å². The predicted molar refractivity (Wildman–Crippen MR) is 68.4 cm³/mol. The molecule has 1 N–H and O–H groups in total. The van der Waals surface area contributed by atoms with Crippen LogP contribution in [-0.2, 0) is 17.8 Å². The van der Waals surface area contributed by atoms with Gasteiger partial charge in [0.15, 0.2) is 0 Å². The molecule has 0 aromatic heterocycles. The molecule has 3 heteroatoms. The van der Waals surface area contributed by atoms with Gasteiger partial charge in [0, 0.05) is 6.54 Å². The number of hydrogen-bond acceptors (Lipinski definition) is 1. The number of carbonyl (C=O) groups is 1. The van der Waals surface area contributed by atoms with Crippen molar-refractivity contribution in [3.05, 3.63) is 71.5 Å². The van der Waals surface area contributed by atoms with Crippen LogP contribution in [0.5, 0.6) is 0 Å². The van der Waals surface area contributed by atoms with E-state index < -0.39 is 0 Å². The first-order valence-corrected chi connectivity index (χ1v) is 5.80. The second-order valence-corrected chi connectivity index (χ2v) is 4.03. The summed E-state index contributed by atoms with van der Waals surface area (Å²) in [6.45, 7) is 0.466. The fourth-order valence-corrected chi connectivity index (χ4v) is 1.67. The van der Waals surface area contributed by atoms with Crippen LogP contribution < -0.4 is 5.32 Å². The Labute approximate surface area is 105 Å². The van der Waals surface area contributed by atoms with E-state index in [1.165, 1.54) is 6.07 Å². The number of nitrogens with one attached hydrogen (secondary N) is 1. The summed E-state index contributed by atoms with van der Waals surface area (Å²) in [5, 5.41) is 2.77. The largest absolute Gasteiger partial charge is 0.352 e. The minimum atomic E-state index is -0.340. The Hall–Kier alpha value is -2.16. The molecule has 0 aliphatic heterocycles. The van der Waals surface area contributed by atoms with Gasteiger partial charge in [0.05, 0.1) is 6.42 Å². The zero-order valence-electron chi connectivity index (χ0n) is 9.90. The van der Waals surface area contributed by atoms with Gasteiger partial charge in [-0.15, -0.1) is 0 Å². The van der Waals surface area contributed by atoms with E-state index in [1.807, 2.05) is 30.3 Å². The van der Waals surface area contributed by atoms with Crippen molar-refractivity contribution in [3.8, 4) is 0 Å². The lowest BCUT2D eigenvalue weighted by atomic mass is 10.1. The van der Waals surface area contributed by atoms with Gasteiger partial charge in [-0.05, 0) is 17.2 Å². The highest BCUT2D eigenvalue weighted by Gasteiger charge is 2.06. The fourth-order valence-electron chi connectivity index (χ4n) is 1.67. The van der Waals surface area contributed by atoms with Crippen molar-refractivity contribution in [2.45, 2.75) is 13.0 Å². The summed E-state index contributed by atoms with van der Waals surface area (Å²) >= 11 is 0. The monoisotopic (exact) mass is 243 g/mol. The zero-order valence-corrected chi connectivity index (χ0v) is 9.90. The van der Waals surface area contributed by atoms with Crippen molar-refractivity contribution >= 4 is 5.91 Å². The molecule has 0 atom stereocenters. The molecular weight excluding hydrogens is 229 g/mol. The third kappa shape index (κ3) is 3.42. The lowest BCUT2D eigenvalue weighted by Crippen LogP contribution is -2.24. The van der Waals surface area contributed by atoms with Gasteiger partial charge in [-0.25, -0.2) is 4.39 Å². The molecule has 1 amide bonds. The second kappa shape index (κ2) is 5.96. The zero-order chi connectivity index (χ0) is 12.8. The van der Waals surface area contributed by atoms with E-state index in [0.717, 1.165) is 5.56 Å². The van der Waals surface area contributed by atoms with E-state index in [9.17, 15) is 9.18 Å². The van der Waals surface area contributed by atoms with E-state index in [0.29, 0.717) is 12.1 Å². The van der Waals surface area contributed by atoms with Gasteiger partial charge in [-0.2, -0.15) is 0 Å². The third-order valence-corrected chi connectivity index (χ3v) is 2.64. The Morgan fingerprint density at radius 1 is 1.00 bits per heavy atom. The predicted octanol–water partition coefficient (Wildman–Crippen LogP) is 2.68. The average molecular weight is 243 g/mol. The SMILES string of the molecule is O=C(Cc1ccccc1F)NCc1ccccc1. The van der Waals surface area contributed by atoms with Gasteiger partial charge < -0.3 is 5.32 Å². The lowest BCUT2D eigenvalue weighted by molar-refractivity contribution is -0.120. The van der Waals surface area contributed by atoms with Crippen molar-refractivity contribution in [1.29, 1.82) is 0 Å². The molecule has 0 heterocycles. The van der Waals surface area contributed by atoms with Crippen LogP contribution in [0.1, 0.15) is 11.1 Å². The molecule has 92 valence electrons. The molecule has 2 aromatic rings.